The molecule has 20 heavy (non-hydrogen) atoms. The Hall–Kier alpha value is -1.59. The monoisotopic (exact) mass is 290 g/mol. The maximum Gasteiger partial charge on any atom is 0.161 e. The van der Waals surface area contributed by atoms with Crippen molar-refractivity contribution >= 4 is 11.3 Å². The molecular weight excluding hydrogens is 272 g/mol. The maximum atomic E-state index is 5.73. The van der Waals surface area contributed by atoms with Gasteiger partial charge >= 0.3 is 0 Å². The molecule has 2 aromatic rings. The lowest BCUT2D eigenvalue weighted by Crippen LogP contribution is -2.10. The highest BCUT2D eigenvalue weighted by atomic mass is 32.1. The standard InChI is InChI=1S/C15H18N2O2S/c1-10(16-2)14-9-17-15(20-14)11-4-5-12-13(8-11)19-7-3-6-18-12/h4-5,8-10,16H,3,6-7H2,1-2H3. The molecule has 1 unspecified atom stereocenters. The molecular formula is C15H18N2O2S. The lowest BCUT2D eigenvalue weighted by molar-refractivity contribution is 0.297. The fourth-order valence-electron chi connectivity index (χ4n) is 2.06. The topological polar surface area (TPSA) is 43.4 Å². The van der Waals surface area contributed by atoms with Crippen molar-refractivity contribution in [3.8, 4) is 22.1 Å². The molecule has 106 valence electrons. The first-order valence-electron chi connectivity index (χ1n) is 6.81. The summed E-state index contributed by atoms with van der Waals surface area (Å²) in [5.41, 5.74) is 1.08. The summed E-state index contributed by atoms with van der Waals surface area (Å²) < 4.78 is 11.4. The maximum absolute atomic E-state index is 5.73. The average Bonchev–Trinajstić information content (AvgIpc) is 2.85. The van der Waals surface area contributed by atoms with Gasteiger partial charge in [0.15, 0.2) is 11.5 Å². The van der Waals surface area contributed by atoms with E-state index in [0.717, 1.165) is 28.5 Å². The zero-order valence-corrected chi connectivity index (χ0v) is 12.5. The quantitative estimate of drug-likeness (QED) is 0.942. The van der Waals surface area contributed by atoms with Crippen LogP contribution in [0.25, 0.3) is 10.6 Å². The smallest absolute Gasteiger partial charge is 0.161 e. The zero-order valence-electron chi connectivity index (χ0n) is 11.7. The van der Waals surface area contributed by atoms with E-state index in [1.807, 2.05) is 31.4 Å². The van der Waals surface area contributed by atoms with E-state index >= 15 is 0 Å². The number of nitrogens with one attached hydrogen (secondary N) is 1. The first-order chi connectivity index (χ1) is 9.78. The molecule has 0 amide bonds. The third-order valence-corrected chi connectivity index (χ3v) is 4.61. The number of hydrogen-bond donors (Lipinski definition) is 1. The van der Waals surface area contributed by atoms with Crippen molar-refractivity contribution in [1.29, 1.82) is 0 Å². The Morgan fingerprint density at radius 2 is 2.05 bits per heavy atom. The number of nitrogens with zero attached hydrogens (tertiary/aromatic N) is 1. The summed E-state index contributed by atoms with van der Waals surface area (Å²) in [6.45, 7) is 3.55. The summed E-state index contributed by atoms with van der Waals surface area (Å²) in [4.78, 5) is 5.74. The van der Waals surface area contributed by atoms with E-state index in [4.69, 9.17) is 9.47 Å². The van der Waals surface area contributed by atoms with Gasteiger partial charge < -0.3 is 14.8 Å². The Labute approximate surface area is 122 Å². The van der Waals surface area contributed by atoms with Gasteiger partial charge in [0.2, 0.25) is 0 Å². The Morgan fingerprint density at radius 3 is 2.85 bits per heavy atom. The lowest BCUT2D eigenvalue weighted by Gasteiger charge is -2.08. The summed E-state index contributed by atoms with van der Waals surface area (Å²) in [5, 5.41) is 4.24. The summed E-state index contributed by atoms with van der Waals surface area (Å²) in [6.07, 6.45) is 2.86. The summed E-state index contributed by atoms with van der Waals surface area (Å²) >= 11 is 1.70. The van der Waals surface area contributed by atoms with E-state index in [1.54, 1.807) is 11.3 Å². The molecule has 0 saturated carbocycles. The van der Waals surface area contributed by atoms with Gasteiger partial charge in [0, 0.05) is 29.1 Å². The SMILES string of the molecule is CNC(C)c1cnc(-c2ccc3c(c2)OCCCO3)s1. The molecule has 5 heteroatoms. The molecule has 0 spiro atoms. The van der Waals surface area contributed by atoms with Crippen LogP contribution in [0, 0.1) is 0 Å². The molecule has 0 bridgehead atoms. The minimum absolute atomic E-state index is 0.321. The second-order valence-corrected chi connectivity index (χ2v) is 5.85. The van der Waals surface area contributed by atoms with Crippen molar-refractivity contribution in [1.82, 2.24) is 10.3 Å². The molecule has 1 aliphatic rings. The molecule has 1 atom stereocenters. The van der Waals surface area contributed by atoms with Crippen LogP contribution in [-0.2, 0) is 0 Å². The van der Waals surface area contributed by atoms with Gasteiger partial charge in [-0.2, -0.15) is 0 Å². The van der Waals surface area contributed by atoms with E-state index < -0.39 is 0 Å². The number of hydrogen-bond acceptors (Lipinski definition) is 5. The molecule has 0 radical (unpaired) electrons. The van der Waals surface area contributed by atoms with Gasteiger partial charge in [-0.05, 0) is 32.2 Å². The van der Waals surface area contributed by atoms with E-state index in [9.17, 15) is 0 Å². The molecule has 3 rings (SSSR count). The van der Waals surface area contributed by atoms with Crippen molar-refractivity contribution in [3.63, 3.8) is 0 Å². The Kier molecular flexibility index (Phi) is 3.89. The molecule has 1 N–H and O–H groups in total. The summed E-state index contributed by atoms with van der Waals surface area (Å²) in [7, 11) is 1.96. The molecule has 0 saturated heterocycles. The van der Waals surface area contributed by atoms with Crippen molar-refractivity contribution in [3.05, 3.63) is 29.3 Å². The summed E-state index contributed by atoms with van der Waals surface area (Å²) in [6, 6.07) is 6.35. The van der Waals surface area contributed by atoms with E-state index in [1.165, 1.54) is 4.88 Å². The van der Waals surface area contributed by atoms with E-state index in [-0.39, 0.29) is 0 Å². The second-order valence-electron chi connectivity index (χ2n) is 4.79. The third kappa shape index (κ3) is 2.64. The van der Waals surface area contributed by atoms with Crippen LogP contribution in [0.4, 0.5) is 0 Å². The van der Waals surface area contributed by atoms with Gasteiger partial charge in [-0.15, -0.1) is 11.3 Å². The van der Waals surface area contributed by atoms with Crippen LogP contribution in [0.5, 0.6) is 11.5 Å². The van der Waals surface area contributed by atoms with Gasteiger partial charge in [-0.3, -0.25) is 0 Å². The van der Waals surface area contributed by atoms with Crippen molar-refractivity contribution in [2.45, 2.75) is 19.4 Å². The predicted octanol–water partition coefficient (Wildman–Crippen LogP) is 3.25. The first kappa shape index (κ1) is 13.4. The van der Waals surface area contributed by atoms with Gasteiger partial charge in [0.05, 0.1) is 13.2 Å². The van der Waals surface area contributed by atoms with Crippen LogP contribution in [0.1, 0.15) is 24.3 Å². The molecule has 0 fully saturated rings. The van der Waals surface area contributed by atoms with Crippen LogP contribution in [0.15, 0.2) is 24.4 Å². The number of rotatable bonds is 3. The molecule has 1 aromatic heterocycles. The molecule has 1 aromatic carbocycles. The highest BCUT2D eigenvalue weighted by Crippen LogP contribution is 2.36. The fraction of sp³-hybridized carbons (Fsp3) is 0.400. The minimum atomic E-state index is 0.321. The first-order valence-corrected chi connectivity index (χ1v) is 7.62. The fourth-order valence-corrected chi connectivity index (χ4v) is 3.03. The van der Waals surface area contributed by atoms with Gasteiger partial charge in [0.1, 0.15) is 5.01 Å². The molecule has 1 aliphatic heterocycles. The van der Waals surface area contributed by atoms with Gasteiger partial charge in [0.25, 0.3) is 0 Å². The minimum Gasteiger partial charge on any atom is -0.490 e. The second kappa shape index (κ2) is 5.81. The zero-order chi connectivity index (χ0) is 13.9. The number of aromatic nitrogens is 1. The van der Waals surface area contributed by atoms with Gasteiger partial charge in [-0.25, -0.2) is 4.98 Å². The third-order valence-electron chi connectivity index (χ3n) is 3.38. The Morgan fingerprint density at radius 1 is 1.25 bits per heavy atom. The Bertz CT molecular complexity index is 597. The predicted molar refractivity (Wildman–Crippen MR) is 80.6 cm³/mol. The van der Waals surface area contributed by atoms with Crippen LogP contribution in [0.3, 0.4) is 0 Å². The van der Waals surface area contributed by atoms with Crippen molar-refractivity contribution < 1.29 is 9.47 Å². The highest BCUT2D eigenvalue weighted by molar-refractivity contribution is 7.15. The Balaban J connectivity index is 1.90. The number of benzene rings is 1. The van der Waals surface area contributed by atoms with E-state index in [0.29, 0.717) is 19.3 Å². The average molecular weight is 290 g/mol. The van der Waals surface area contributed by atoms with Crippen LogP contribution in [0.2, 0.25) is 0 Å². The highest BCUT2D eigenvalue weighted by Gasteiger charge is 2.14. The number of ether oxygens (including phenoxy) is 2. The summed E-state index contributed by atoms with van der Waals surface area (Å²) in [5.74, 6) is 1.64. The van der Waals surface area contributed by atoms with Crippen LogP contribution in [-0.4, -0.2) is 25.2 Å². The van der Waals surface area contributed by atoms with Crippen molar-refractivity contribution in [2.24, 2.45) is 0 Å². The van der Waals surface area contributed by atoms with Gasteiger partial charge in [-0.1, -0.05) is 0 Å². The molecule has 2 heterocycles. The largest absolute Gasteiger partial charge is 0.490 e. The lowest BCUT2D eigenvalue weighted by atomic mass is 10.2. The van der Waals surface area contributed by atoms with Crippen molar-refractivity contribution in [2.75, 3.05) is 20.3 Å². The van der Waals surface area contributed by atoms with Crippen LogP contribution >= 0.6 is 11.3 Å². The molecule has 4 nitrogen and oxygen atoms in total. The van der Waals surface area contributed by atoms with E-state index in [2.05, 4.69) is 17.2 Å². The number of thiazole rings is 1. The van der Waals surface area contributed by atoms with Crippen LogP contribution < -0.4 is 14.8 Å². The molecule has 0 aliphatic carbocycles. The normalized spacial score (nSPS) is 15.7. The number of fused-ring (bicyclic) bond motifs is 1.